The van der Waals surface area contributed by atoms with E-state index in [-0.39, 0.29) is 0 Å². The number of aryl methyl sites for hydroxylation is 3. The summed E-state index contributed by atoms with van der Waals surface area (Å²) in [6.07, 6.45) is 0. The molecule has 0 aliphatic rings. The van der Waals surface area contributed by atoms with E-state index in [0.29, 0.717) is 0 Å². The molecule has 2 aromatic carbocycles. The summed E-state index contributed by atoms with van der Waals surface area (Å²) < 4.78 is 0. The van der Waals surface area contributed by atoms with Crippen molar-refractivity contribution in [3.63, 3.8) is 0 Å². The van der Waals surface area contributed by atoms with Crippen LogP contribution < -0.4 is 0 Å². The minimum absolute atomic E-state index is 0.964. The summed E-state index contributed by atoms with van der Waals surface area (Å²) in [5.74, 6) is 0.964. The maximum absolute atomic E-state index is 4.84. The van der Waals surface area contributed by atoms with Crippen LogP contribution in [-0.2, 0) is 5.75 Å². The van der Waals surface area contributed by atoms with Gasteiger partial charge in [-0.25, -0.2) is 4.98 Å². The zero-order valence-corrected chi connectivity index (χ0v) is 13.5. The Morgan fingerprint density at radius 1 is 0.905 bits per heavy atom. The number of hydrogen-bond donors (Lipinski definition) is 0. The number of thioether (sulfide) groups is 1. The summed E-state index contributed by atoms with van der Waals surface area (Å²) >= 11 is 1.81. The van der Waals surface area contributed by atoms with Crippen LogP contribution in [0.4, 0.5) is 0 Å². The van der Waals surface area contributed by atoms with Crippen molar-refractivity contribution in [2.75, 3.05) is 0 Å². The highest BCUT2D eigenvalue weighted by Gasteiger charge is 2.05. The molecule has 0 fully saturated rings. The van der Waals surface area contributed by atoms with Gasteiger partial charge in [0.15, 0.2) is 0 Å². The topological polar surface area (TPSA) is 12.9 Å². The lowest BCUT2D eigenvalue weighted by Gasteiger charge is -2.08. The van der Waals surface area contributed by atoms with Crippen molar-refractivity contribution in [3.8, 4) is 0 Å². The van der Waals surface area contributed by atoms with E-state index in [9.17, 15) is 0 Å². The largest absolute Gasteiger partial charge is 0.241 e. The van der Waals surface area contributed by atoms with Crippen molar-refractivity contribution in [1.29, 1.82) is 0 Å². The van der Waals surface area contributed by atoms with Crippen LogP contribution in [0.3, 0.4) is 0 Å². The van der Waals surface area contributed by atoms with Crippen LogP contribution in [0.5, 0.6) is 0 Å². The highest BCUT2D eigenvalue weighted by Crippen LogP contribution is 2.27. The first-order chi connectivity index (χ1) is 10.1. The van der Waals surface area contributed by atoms with Gasteiger partial charge in [-0.1, -0.05) is 48.0 Å². The molecular weight excluding hydrogens is 274 g/mol. The lowest BCUT2D eigenvalue weighted by atomic mass is 10.1. The summed E-state index contributed by atoms with van der Waals surface area (Å²) in [4.78, 5) is 4.84. The Bertz CT molecular complexity index is 793. The molecule has 1 aromatic heterocycles. The fourth-order valence-electron chi connectivity index (χ4n) is 2.56. The van der Waals surface area contributed by atoms with E-state index < -0.39 is 0 Å². The van der Waals surface area contributed by atoms with Crippen LogP contribution in [0.25, 0.3) is 10.9 Å². The molecule has 0 N–H and O–H groups in total. The van der Waals surface area contributed by atoms with Gasteiger partial charge in [-0.15, -0.1) is 11.8 Å². The van der Waals surface area contributed by atoms with E-state index in [1.165, 1.54) is 27.6 Å². The van der Waals surface area contributed by atoms with Crippen LogP contribution in [0.2, 0.25) is 0 Å². The molecule has 3 aromatic rings. The van der Waals surface area contributed by atoms with Crippen LogP contribution >= 0.6 is 11.8 Å². The Labute approximate surface area is 130 Å². The molecule has 0 bridgehead atoms. The fourth-order valence-corrected chi connectivity index (χ4v) is 3.47. The van der Waals surface area contributed by atoms with Crippen molar-refractivity contribution >= 4 is 22.7 Å². The first-order valence-corrected chi connectivity index (χ1v) is 8.17. The number of nitrogens with zero attached hydrogens (tertiary/aromatic N) is 1. The molecule has 0 unspecified atom stereocenters. The van der Waals surface area contributed by atoms with Crippen molar-refractivity contribution in [3.05, 3.63) is 70.8 Å². The molecule has 0 radical (unpaired) electrons. The molecule has 1 heterocycles. The molecule has 0 aliphatic heterocycles. The van der Waals surface area contributed by atoms with Crippen molar-refractivity contribution in [2.24, 2.45) is 0 Å². The zero-order chi connectivity index (χ0) is 14.8. The fraction of sp³-hybridized carbons (Fsp3) is 0.211. The molecule has 21 heavy (non-hydrogen) atoms. The zero-order valence-electron chi connectivity index (χ0n) is 12.7. The van der Waals surface area contributed by atoms with E-state index in [1.807, 2.05) is 11.8 Å². The van der Waals surface area contributed by atoms with Gasteiger partial charge in [-0.3, -0.25) is 0 Å². The SMILES string of the molecule is Cc1cccc(CSc2cc(C)c3cccc(C)c3n2)c1. The average molecular weight is 293 g/mol. The molecule has 0 saturated heterocycles. The predicted molar refractivity (Wildman–Crippen MR) is 92.0 cm³/mol. The minimum atomic E-state index is 0.964. The van der Waals surface area contributed by atoms with Gasteiger partial charge in [0.05, 0.1) is 10.5 Å². The van der Waals surface area contributed by atoms with Crippen molar-refractivity contribution in [2.45, 2.75) is 31.6 Å². The number of pyridine rings is 1. The van der Waals surface area contributed by atoms with E-state index in [4.69, 9.17) is 4.98 Å². The first-order valence-electron chi connectivity index (χ1n) is 7.19. The Kier molecular flexibility index (Phi) is 3.98. The highest BCUT2D eigenvalue weighted by molar-refractivity contribution is 7.98. The Balaban J connectivity index is 1.89. The number of aromatic nitrogens is 1. The normalized spacial score (nSPS) is 11.0. The van der Waals surface area contributed by atoms with Crippen LogP contribution in [0.1, 0.15) is 22.3 Å². The number of benzene rings is 2. The summed E-state index contributed by atoms with van der Waals surface area (Å²) in [5.41, 5.74) is 6.34. The molecule has 1 nitrogen and oxygen atoms in total. The molecule has 0 atom stereocenters. The van der Waals surface area contributed by atoms with Crippen LogP contribution in [0.15, 0.2) is 53.6 Å². The van der Waals surface area contributed by atoms with Gasteiger partial charge in [0.1, 0.15) is 0 Å². The lowest BCUT2D eigenvalue weighted by molar-refractivity contribution is 1.15. The smallest absolute Gasteiger partial charge is 0.0973 e. The Morgan fingerprint density at radius 3 is 2.52 bits per heavy atom. The standard InChI is InChI=1S/C19H19NS/c1-13-6-4-8-16(10-13)12-21-18-11-15(3)17-9-5-7-14(2)19(17)20-18/h4-11H,12H2,1-3H3. The third-order valence-corrected chi connectivity index (χ3v) is 4.68. The second-order valence-electron chi connectivity index (χ2n) is 5.53. The first kappa shape index (κ1) is 14.2. The predicted octanol–water partition coefficient (Wildman–Crippen LogP) is 5.45. The highest BCUT2D eigenvalue weighted by atomic mass is 32.2. The maximum atomic E-state index is 4.84. The second kappa shape index (κ2) is 5.90. The van der Waals surface area contributed by atoms with Crippen molar-refractivity contribution in [1.82, 2.24) is 4.98 Å². The molecule has 3 rings (SSSR count). The van der Waals surface area contributed by atoms with Crippen molar-refractivity contribution < 1.29 is 0 Å². The summed E-state index contributed by atoms with van der Waals surface area (Å²) in [6.45, 7) is 6.43. The number of hydrogen-bond acceptors (Lipinski definition) is 2. The summed E-state index contributed by atoms with van der Waals surface area (Å²) in [6, 6.07) is 17.3. The Hall–Kier alpha value is -1.80. The minimum Gasteiger partial charge on any atom is -0.241 e. The molecule has 0 amide bonds. The summed E-state index contributed by atoms with van der Waals surface area (Å²) in [5, 5.41) is 2.37. The molecule has 106 valence electrons. The third kappa shape index (κ3) is 3.11. The van der Waals surface area contributed by atoms with Gasteiger partial charge in [0.25, 0.3) is 0 Å². The second-order valence-corrected chi connectivity index (χ2v) is 6.52. The van der Waals surface area contributed by atoms with Gasteiger partial charge in [0, 0.05) is 11.1 Å². The molecule has 0 aliphatic carbocycles. The lowest BCUT2D eigenvalue weighted by Crippen LogP contribution is -1.90. The maximum Gasteiger partial charge on any atom is 0.0973 e. The molecule has 2 heteroatoms. The van der Waals surface area contributed by atoms with E-state index in [0.717, 1.165) is 16.3 Å². The van der Waals surface area contributed by atoms with Gasteiger partial charge < -0.3 is 0 Å². The van der Waals surface area contributed by atoms with E-state index in [1.54, 1.807) is 0 Å². The molecule has 0 saturated carbocycles. The monoisotopic (exact) mass is 293 g/mol. The van der Waals surface area contributed by atoms with Gasteiger partial charge >= 0.3 is 0 Å². The molecule has 0 spiro atoms. The van der Waals surface area contributed by atoms with E-state index >= 15 is 0 Å². The number of para-hydroxylation sites is 1. The van der Waals surface area contributed by atoms with Gasteiger partial charge in [0.2, 0.25) is 0 Å². The number of fused-ring (bicyclic) bond motifs is 1. The van der Waals surface area contributed by atoms with Gasteiger partial charge in [-0.05, 0) is 43.5 Å². The van der Waals surface area contributed by atoms with Crippen LogP contribution in [-0.4, -0.2) is 4.98 Å². The summed E-state index contributed by atoms with van der Waals surface area (Å²) in [7, 11) is 0. The average Bonchev–Trinajstić information content (AvgIpc) is 2.46. The molecular formula is C19H19NS. The third-order valence-electron chi connectivity index (χ3n) is 3.69. The Morgan fingerprint density at radius 2 is 1.71 bits per heavy atom. The van der Waals surface area contributed by atoms with Crippen LogP contribution in [0, 0.1) is 20.8 Å². The number of rotatable bonds is 3. The quantitative estimate of drug-likeness (QED) is 0.595. The van der Waals surface area contributed by atoms with E-state index in [2.05, 4.69) is 69.3 Å². The van der Waals surface area contributed by atoms with Gasteiger partial charge in [-0.2, -0.15) is 0 Å².